The second kappa shape index (κ2) is 5.10. The molecule has 0 saturated carbocycles. The average Bonchev–Trinajstić information content (AvgIpc) is 2.66. The quantitative estimate of drug-likeness (QED) is 0.861. The van der Waals surface area contributed by atoms with E-state index in [4.69, 9.17) is 0 Å². The molecule has 1 aromatic rings. The molecule has 17 heavy (non-hydrogen) atoms. The van der Waals surface area contributed by atoms with Crippen LogP contribution in [-0.2, 0) is 4.79 Å². The minimum absolute atomic E-state index is 0.0923. The molecule has 94 valence electrons. The zero-order valence-electron chi connectivity index (χ0n) is 10.4. The minimum Gasteiger partial charge on any atom is -0.309 e. The molecule has 0 bridgehead atoms. The number of aryl methyl sites for hydroxylation is 1. The number of anilines is 1. The SMILES string of the molecule is CNC1CCC(C)CN(c2nsc(C)n2)C1=O. The zero-order valence-corrected chi connectivity index (χ0v) is 11.3. The van der Waals surface area contributed by atoms with Crippen molar-refractivity contribution in [2.24, 2.45) is 5.92 Å². The number of carbonyl (C=O) groups is 1. The van der Waals surface area contributed by atoms with Crippen molar-refractivity contribution >= 4 is 23.4 Å². The fraction of sp³-hybridized carbons (Fsp3) is 0.727. The molecule has 1 fully saturated rings. The zero-order chi connectivity index (χ0) is 12.4. The van der Waals surface area contributed by atoms with Crippen molar-refractivity contribution in [3.63, 3.8) is 0 Å². The second-order valence-electron chi connectivity index (χ2n) is 4.59. The lowest BCUT2D eigenvalue weighted by Crippen LogP contribution is -2.45. The molecule has 2 heterocycles. The van der Waals surface area contributed by atoms with E-state index < -0.39 is 0 Å². The van der Waals surface area contributed by atoms with E-state index in [1.54, 1.807) is 4.90 Å². The van der Waals surface area contributed by atoms with Crippen molar-refractivity contribution in [3.05, 3.63) is 5.01 Å². The topological polar surface area (TPSA) is 58.1 Å². The monoisotopic (exact) mass is 254 g/mol. The van der Waals surface area contributed by atoms with Crippen molar-refractivity contribution in [2.45, 2.75) is 32.7 Å². The fourth-order valence-electron chi connectivity index (χ4n) is 2.10. The maximum Gasteiger partial charge on any atom is 0.246 e. The Balaban J connectivity index is 2.26. The van der Waals surface area contributed by atoms with Crippen molar-refractivity contribution < 1.29 is 4.79 Å². The molecule has 1 amide bonds. The number of likely N-dealkylation sites (N-methyl/N-ethyl adjacent to an activating group) is 1. The van der Waals surface area contributed by atoms with Crippen molar-refractivity contribution in [3.8, 4) is 0 Å². The molecule has 1 saturated heterocycles. The molecule has 2 rings (SSSR count). The van der Waals surface area contributed by atoms with Crippen LogP contribution < -0.4 is 10.2 Å². The summed E-state index contributed by atoms with van der Waals surface area (Å²) in [6.07, 6.45) is 1.94. The number of aromatic nitrogens is 2. The molecule has 0 radical (unpaired) electrons. The van der Waals surface area contributed by atoms with Gasteiger partial charge in [0.25, 0.3) is 0 Å². The van der Waals surface area contributed by atoms with Crippen LogP contribution >= 0.6 is 11.5 Å². The lowest BCUT2D eigenvalue weighted by molar-refractivity contribution is -0.120. The molecule has 1 N–H and O–H groups in total. The molecule has 0 spiro atoms. The lowest BCUT2D eigenvalue weighted by atomic mass is 10.0. The highest BCUT2D eigenvalue weighted by molar-refractivity contribution is 7.05. The molecule has 2 unspecified atom stereocenters. The molecule has 1 aliphatic rings. The Morgan fingerprint density at radius 2 is 2.24 bits per heavy atom. The summed E-state index contributed by atoms with van der Waals surface area (Å²) in [5, 5.41) is 3.97. The van der Waals surface area contributed by atoms with Gasteiger partial charge in [-0.1, -0.05) is 6.92 Å². The van der Waals surface area contributed by atoms with Gasteiger partial charge in [0.1, 0.15) is 5.01 Å². The van der Waals surface area contributed by atoms with Gasteiger partial charge in [0.15, 0.2) is 0 Å². The summed E-state index contributed by atoms with van der Waals surface area (Å²) >= 11 is 1.34. The van der Waals surface area contributed by atoms with Gasteiger partial charge < -0.3 is 5.32 Å². The fourth-order valence-corrected chi connectivity index (χ4v) is 2.58. The highest BCUT2D eigenvalue weighted by Crippen LogP contribution is 2.22. The van der Waals surface area contributed by atoms with Gasteiger partial charge in [-0.25, -0.2) is 4.98 Å². The lowest BCUT2D eigenvalue weighted by Gasteiger charge is -2.21. The summed E-state index contributed by atoms with van der Waals surface area (Å²) in [7, 11) is 1.83. The number of hydrogen-bond donors (Lipinski definition) is 1. The Hall–Kier alpha value is -1.01. The summed E-state index contributed by atoms with van der Waals surface area (Å²) in [6, 6.07) is -0.108. The molecule has 2 atom stereocenters. The highest BCUT2D eigenvalue weighted by atomic mass is 32.1. The Kier molecular flexibility index (Phi) is 3.73. The van der Waals surface area contributed by atoms with Gasteiger partial charge in [-0.3, -0.25) is 9.69 Å². The number of amides is 1. The standard InChI is InChI=1S/C11H18N4OS/c1-7-4-5-9(12-3)10(16)15(6-7)11-13-8(2)17-14-11/h7,9,12H,4-6H2,1-3H3. The van der Waals surface area contributed by atoms with Crippen LogP contribution in [0, 0.1) is 12.8 Å². The molecule has 1 aliphatic heterocycles. The van der Waals surface area contributed by atoms with Gasteiger partial charge in [-0.15, -0.1) is 0 Å². The third kappa shape index (κ3) is 2.63. The Morgan fingerprint density at radius 3 is 2.82 bits per heavy atom. The summed E-state index contributed by atoms with van der Waals surface area (Å²) in [5.74, 6) is 1.14. The van der Waals surface area contributed by atoms with Gasteiger partial charge in [0, 0.05) is 6.54 Å². The predicted molar refractivity (Wildman–Crippen MR) is 68.2 cm³/mol. The van der Waals surface area contributed by atoms with Crippen LogP contribution in [0.25, 0.3) is 0 Å². The Morgan fingerprint density at radius 1 is 1.47 bits per heavy atom. The van der Waals surface area contributed by atoms with Crippen molar-refractivity contribution in [1.29, 1.82) is 0 Å². The largest absolute Gasteiger partial charge is 0.309 e. The third-order valence-corrected chi connectivity index (χ3v) is 3.72. The van der Waals surface area contributed by atoms with E-state index in [0.717, 1.165) is 17.8 Å². The Labute approximate surface area is 105 Å². The van der Waals surface area contributed by atoms with Crippen LogP contribution in [0.1, 0.15) is 24.8 Å². The van der Waals surface area contributed by atoms with Gasteiger partial charge in [0.2, 0.25) is 11.9 Å². The van der Waals surface area contributed by atoms with E-state index in [-0.39, 0.29) is 11.9 Å². The summed E-state index contributed by atoms with van der Waals surface area (Å²) in [6.45, 7) is 4.78. The maximum atomic E-state index is 12.3. The Bertz CT molecular complexity index is 406. The first kappa shape index (κ1) is 12.4. The number of hydrogen-bond acceptors (Lipinski definition) is 5. The third-order valence-electron chi connectivity index (χ3n) is 3.11. The number of nitrogens with zero attached hydrogens (tertiary/aromatic N) is 3. The van der Waals surface area contributed by atoms with E-state index in [0.29, 0.717) is 18.4 Å². The first-order valence-electron chi connectivity index (χ1n) is 5.90. The van der Waals surface area contributed by atoms with E-state index in [1.165, 1.54) is 11.5 Å². The van der Waals surface area contributed by atoms with Crippen LogP contribution in [0.3, 0.4) is 0 Å². The van der Waals surface area contributed by atoms with E-state index in [1.807, 2.05) is 14.0 Å². The molecule has 6 heteroatoms. The van der Waals surface area contributed by atoms with Crippen LogP contribution in [0.15, 0.2) is 0 Å². The molecular weight excluding hydrogens is 236 g/mol. The van der Waals surface area contributed by atoms with Crippen LogP contribution in [0.2, 0.25) is 0 Å². The predicted octanol–water partition coefficient (Wildman–Crippen LogP) is 1.20. The van der Waals surface area contributed by atoms with Gasteiger partial charge in [-0.2, -0.15) is 4.37 Å². The van der Waals surface area contributed by atoms with Crippen molar-refractivity contribution in [2.75, 3.05) is 18.5 Å². The molecular formula is C11H18N4OS. The van der Waals surface area contributed by atoms with Gasteiger partial charge in [-0.05, 0) is 44.3 Å². The highest BCUT2D eigenvalue weighted by Gasteiger charge is 2.31. The van der Waals surface area contributed by atoms with Gasteiger partial charge in [0.05, 0.1) is 6.04 Å². The summed E-state index contributed by atoms with van der Waals surface area (Å²) in [5.41, 5.74) is 0. The molecule has 5 nitrogen and oxygen atoms in total. The first-order valence-corrected chi connectivity index (χ1v) is 6.68. The number of rotatable bonds is 2. The van der Waals surface area contributed by atoms with Crippen LogP contribution in [0.5, 0.6) is 0 Å². The first-order chi connectivity index (χ1) is 8.11. The summed E-state index contributed by atoms with van der Waals surface area (Å²) in [4.78, 5) is 18.4. The van der Waals surface area contributed by atoms with E-state index in [9.17, 15) is 4.79 Å². The van der Waals surface area contributed by atoms with E-state index in [2.05, 4.69) is 21.6 Å². The maximum absolute atomic E-state index is 12.3. The van der Waals surface area contributed by atoms with E-state index >= 15 is 0 Å². The van der Waals surface area contributed by atoms with Crippen molar-refractivity contribution in [1.82, 2.24) is 14.7 Å². The summed E-state index contributed by atoms with van der Waals surface area (Å²) < 4.78 is 4.24. The minimum atomic E-state index is -0.108. The normalized spacial score (nSPS) is 26.1. The van der Waals surface area contributed by atoms with Gasteiger partial charge >= 0.3 is 0 Å². The van der Waals surface area contributed by atoms with Crippen LogP contribution in [0.4, 0.5) is 5.95 Å². The molecule has 1 aromatic heterocycles. The number of carbonyl (C=O) groups excluding carboxylic acids is 1. The smallest absolute Gasteiger partial charge is 0.246 e. The van der Waals surface area contributed by atoms with Crippen LogP contribution in [-0.4, -0.2) is 34.9 Å². The average molecular weight is 254 g/mol. The molecule has 0 aliphatic carbocycles. The number of nitrogens with one attached hydrogen (secondary N) is 1. The second-order valence-corrected chi connectivity index (χ2v) is 5.54. The molecule has 0 aromatic carbocycles.